The second-order valence-corrected chi connectivity index (χ2v) is 8.44. The number of para-hydroxylation sites is 2. The van der Waals surface area contributed by atoms with Crippen LogP contribution in [-0.4, -0.2) is 79.4 Å². The fourth-order valence-corrected chi connectivity index (χ4v) is 3.27. The Labute approximate surface area is 240 Å². The molecule has 6 N–H and O–H groups in total. The molecule has 0 aliphatic rings. The number of hydrogen-bond donors (Lipinski definition) is 1. The molecule has 1 radical (unpaired) electrons. The van der Waals surface area contributed by atoms with Crippen molar-refractivity contribution in [2.24, 2.45) is 0 Å². The van der Waals surface area contributed by atoms with E-state index in [-0.39, 0.29) is 46.4 Å². The van der Waals surface area contributed by atoms with Crippen LogP contribution in [0.2, 0.25) is 0 Å². The first kappa shape index (κ1) is 35.5. The quantitative estimate of drug-likeness (QED) is 0.117. The van der Waals surface area contributed by atoms with Crippen LogP contribution in [0.15, 0.2) is 48.5 Å². The van der Waals surface area contributed by atoms with Crippen molar-refractivity contribution in [2.45, 2.75) is 34.1 Å². The van der Waals surface area contributed by atoms with E-state index >= 15 is 0 Å². The predicted molar refractivity (Wildman–Crippen MR) is 158 cm³/mol. The molecule has 0 saturated carbocycles. The second-order valence-electron chi connectivity index (χ2n) is 8.44. The zero-order chi connectivity index (χ0) is 28.5. The maximum absolute atomic E-state index is 12.5. The monoisotopic (exact) mass is 574 g/mol. The summed E-state index contributed by atoms with van der Waals surface area (Å²) >= 11 is 0. The van der Waals surface area contributed by atoms with Crippen molar-refractivity contribution >= 4 is 50.8 Å². The van der Waals surface area contributed by atoms with E-state index in [4.69, 9.17) is 24.9 Å². The summed E-state index contributed by atoms with van der Waals surface area (Å²) in [6, 6.07) is 15.6. The minimum absolute atomic E-state index is 0. The van der Waals surface area contributed by atoms with Gasteiger partial charge < -0.3 is 35.5 Å². The molecule has 1 amide bonds. The van der Waals surface area contributed by atoms with Crippen LogP contribution in [0.3, 0.4) is 0 Å². The minimum atomic E-state index is -0.108. The molecule has 0 spiro atoms. The third kappa shape index (κ3) is 14.8. The maximum atomic E-state index is 12.5. The molecule has 3 rings (SSSR count). The number of fused-ring (bicyclic) bond motifs is 2. The molecule has 0 saturated heterocycles. The van der Waals surface area contributed by atoms with Crippen molar-refractivity contribution in [3.8, 4) is 0 Å². The van der Waals surface area contributed by atoms with E-state index in [1.807, 2.05) is 42.5 Å². The Kier molecular flexibility index (Phi) is 17.7. The Balaban J connectivity index is 0.000000801. The summed E-state index contributed by atoms with van der Waals surface area (Å²) in [5.74, 6) is 0.392. The number of carbonyl (C=O) groups is 1. The largest absolute Gasteiger partial charge is 5.00 e. The van der Waals surface area contributed by atoms with Gasteiger partial charge >= 0.3 is 17.4 Å². The van der Waals surface area contributed by atoms with Crippen molar-refractivity contribution in [2.75, 3.05) is 26.2 Å². The predicted octanol–water partition coefficient (Wildman–Crippen LogP) is 4.57. The van der Waals surface area contributed by atoms with Crippen LogP contribution < -0.4 is 5.32 Å². The van der Waals surface area contributed by atoms with Gasteiger partial charge in [-0.3, -0.25) is 4.79 Å². The third-order valence-electron chi connectivity index (χ3n) is 4.68. The molecule has 10 heteroatoms. The Hall–Kier alpha value is -3.55. The Morgan fingerprint density at radius 2 is 1.44 bits per heavy atom. The number of pyridine rings is 1. The van der Waals surface area contributed by atoms with Crippen molar-refractivity contribution in [3.05, 3.63) is 78.0 Å². The molecule has 0 aliphatic carbocycles. The van der Waals surface area contributed by atoms with Crippen LogP contribution in [0.1, 0.15) is 44.5 Å². The van der Waals surface area contributed by atoms with Crippen LogP contribution >= 0.6 is 0 Å². The average molecular weight is 575 g/mol. The summed E-state index contributed by atoms with van der Waals surface area (Å²) in [4.78, 5) is 50.8. The van der Waals surface area contributed by atoms with Gasteiger partial charge in [0.2, 0.25) is 0 Å². The molecule has 2 aromatic carbocycles. The number of nitrogens with zero attached hydrogens (tertiary/aromatic N) is 2. The number of nitrogens with one attached hydrogen (secondary N) is 2. The van der Waals surface area contributed by atoms with E-state index in [1.165, 1.54) is 40.5 Å². The molecule has 0 bridgehead atoms. The molecule has 0 unspecified atom stereocenters. The first-order valence-corrected chi connectivity index (χ1v) is 12.2. The topological polar surface area (TPSA) is 165 Å². The normalized spacial score (nSPS) is 9.56. The molecule has 0 atom stereocenters. The van der Waals surface area contributed by atoms with E-state index in [0.717, 1.165) is 28.2 Å². The van der Waals surface area contributed by atoms with Gasteiger partial charge in [-0.2, -0.15) is 25.9 Å². The molecule has 9 nitrogen and oxygen atoms in total. The summed E-state index contributed by atoms with van der Waals surface area (Å²) in [5, 5.41) is 9.16. The van der Waals surface area contributed by atoms with Gasteiger partial charge in [-0.15, -0.1) is 6.54 Å². The number of hydrogen-bond acceptors (Lipinski definition) is 2. The number of amides is 1. The van der Waals surface area contributed by atoms with Crippen molar-refractivity contribution in [1.29, 1.82) is 0 Å². The fourth-order valence-electron chi connectivity index (χ4n) is 3.27. The summed E-state index contributed by atoms with van der Waals surface area (Å²) in [6.45, 7) is 8.14. The number of aromatic nitrogens is 1. The molecular weight excluding hydrogens is 536 g/mol. The average Bonchev–Trinajstić information content (AvgIpc) is 2.83. The number of benzene rings is 2. The van der Waals surface area contributed by atoms with Crippen molar-refractivity contribution < 1.29 is 41.3 Å². The van der Waals surface area contributed by atoms with Gasteiger partial charge in [0, 0.05) is 45.0 Å². The molecule has 39 heavy (non-hydrogen) atoms. The number of ketones is 4. The van der Waals surface area contributed by atoms with E-state index in [0.29, 0.717) is 31.7 Å². The zero-order valence-corrected chi connectivity index (χ0v) is 24.1. The summed E-state index contributed by atoms with van der Waals surface area (Å²) < 4.78 is 0. The molecular formula is C29H38CrN4O5+5. The van der Waals surface area contributed by atoms with Gasteiger partial charge in [0.1, 0.15) is 0 Å². The van der Waals surface area contributed by atoms with E-state index in [2.05, 4.69) is 21.7 Å². The van der Waals surface area contributed by atoms with Crippen molar-refractivity contribution in [1.82, 2.24) is 10.3 Å². The summed E-state index contributed by atoms with van der Waals surface area (Å²) in [5.41, 5.74) is 9.24. The van der Waals surface area contributed by atoms with Crippen LogP contribution in [0.4, 0.5) is 0 Å². The van der Waals surface area contributed by atoms with Crippen LogP contribution in [0, 0.1) is 12.8 Å². The minimum Gasteiger partial charge on any atom is -0.679 e. The van der Waals surface area contributed by atoms with Crippen LogP contribution in [0.25, 0.3) is 32.9 Å². The fraction of sp³-hybridized carbons (Fsp3) is 0.310. The van der Waals surface area contributed by atoms with Gasteiger partial charge in [0.15, 0.2) is 23.1 Å². The Morgan fingerprint density at radius 3 is 1.97 bits per heavy atom. The van der Waals surface area contributed by atoms with Gasteiger partial charge in [-0.25, -0.2) is 4.98 Å². The SMILES string of the molecule is CC(=[OH+])[CH-]C(C)=[OH+].CC(=[OH+])[CH-]C(C)=[OH+].[Cr+5].[NH-]CC[N-]CCCNC(=O)c1cccc2cc3ccccc3nc12. The second kappa shape index (κ2) is 19.5. The number of carbonyl (C=O) groups excluding carboxylic acids is 5. The molecule has 0 fully saturated rings. The van der Waals surface area contributed by atoms with Crippen LogP contribution in [0.5, 0.6) is 0 Å². The number of rotatable bonds is 11. The molecule has 1 heterocycles. The first-order chi connectivity index (χ1) is 18.0. The van der Waals surface area contributed by atoms with Crippen molar-refractivity contribution in [3.63, 3.8) is 0 Å². The third-order valence-corrected chi connectivity index (χ3v) is 4.68. The molecule has 0 aliphatic heterocycles. The first-order valence-electron chi connectivity index (χ1n) is 12.2. The standard InChI is InChI=1S/C19H20N4O.2C5H7O2.Cr/c20-9-12-21-10-4-11-22-19(24)16-7-3-6-15-13-14-5-1-2-8-17(14)23-18(15)16;2*1-4(6)3-5(2)7;/h1-3,5-8,13,20H,4,9-12H2,(H,22,24);2*3H,1-2H3;/q-2;2*-1;+5/p+4. The van der Waals surface area contributed by atoms with Gasteiger partial charge in [0.25, 0.3) is 5.91 Å². The maximum Gasteiger partial charge on any atom is 5.00 e. The summed E-state index contributed by atoms with van der Waals surface area (Å²) in [6.07, 6.45) is 3.34. The van der Waals surface area contributed by atoms with E-state index < -0.39 is 0 Å². The van der Waals surface area contributed by atoms with Crippen LogP contribution in [-0.2, 0) is 17.4 Å². The van der Waals surface area contributed by atoms with E-state index in [9.17, 15) is 4.79 Å². The van der Waals surface area contributed by atoms with Gasteiger partial charge in [0.05, 0.1) is 16.6 Å². The molecule has 205 valence electrons. The molecule has 3 aromatic rings. The Morgan fingerprint density at radius 1 is 0.872 bits per heavy atom. The smallest absolute Gasteiger partial charge is 0.679 e. The summed E-state index contributed by atoms with van der Waals surface area (Å²) in [7, 11) is 0. The van der Waals surface area contributed by atoms with Gasteiger partial charge in [-0.1, -0.05) is 36.8 Å². The Bertz CT molecular complexity index is 1210. The molecule has 1 aromatic heterocycles. The van der Waals surface area contributed by atoms with Gasteiger partial charge in [-0.05, 0) is 18.2 Å². The zero-order valence-electron chi connectivity index (χ0n) is 22.8. The van der Waals surface area contributed by atoms with E-state index in [1.54, 1.807) is 0 Å².